The number of nitriles is 2. The number of unbranched alkanes of at least 4 members (excludes halogenated alkanes) is 2. The molecule has 4 atom stereocenters. The fourth-order valence-electron chi connectivity index (χ4n) is 11.5. The quantitative estimate of drug-likeness (QED) is 0.00655. The molecule has 141 heavy (non-hydrogen) atoms. The molecule has 780 valence electrons. The molecule has 1 saturated heterocycles. The molecule has 48 heteroatoms. The number of hydrogen-bond donors (Lipinski definition) is 0. The number of ether oxygens (including phenoxy) is 8. The molecule has 8 rings (SSSR count). The van der Waals surface area contributed by atoms with Crippen LogP contribution in [0.1, 0.15) is 148 Å². The number of hydrogen-bond acceptors (Lipinski definition) is 20. The van der Waals surface area contributed by atoms with Crippen molar-refractivity contribution < 1.29 is 200 Å². The second kappa shape index (κ2) is 54.3. The fraction of sp³-hybridized carbons (Fsp3) is 0.419. The molecular weight excluding hydrogens is 1950 g/mol. The van der Waals surface area contributed by atoms with Gasteiger partial charge in [0.15, 0.2) is 0 Å². The van der Waals surface area contributed by atoms with Gasteiger partial charge in [0.05, 0.1) is 116 Å². The number of anilines is 2. The van der Waals surface area contributed by atoms with Crippen molar-refractivity contribution >= 4 is 70.8 Å². The lowest BCUT2D eigenvalue weighted by molar-refractivity contribution is -0.440. The number of carbonyl (C=O) groups excluding carboxylic acids is 10. The van der Waals surface area contributed by atoms with Gasteiger partial charge in [0.2, 0.25) is 11.8 Å². The maximum Gasteiger partial charge on any atom is 0.460 e. The number of nitrogens with zero attached hydrogens (tertiary/aromatic N) is 4. The lowest BCUT2D eigenvalue weighted by Crippen LogP contribution is -2.70. The van der Waals surface area contributed by atoms with Gasteiger partial charge in [-0.1, -0.05) is 108 Å². The van der Waals surface area contributed by atoms with Crippen molar-refractivity contribution in [2.24, 2.45) is 23.7 Å². The number of esters is 6. The number of benzene rings is 6. The number of alkyl halides is 26. The highest BCUT2D eigenvalue weighted by Crippen LogP contribution is 2.63. The predicted molar refractivity (Wildman–Crippen MR) is 456 cm³/mol. The molecule has 0 radical (unpaired) electrons. The smallest absolute Gasteiger partial charge is 0.460 e. The van der Waals surface area contributed by atoms with E-state index in [1.165, 1.54) is 98.8 Å². The van der Waals surface area contributed by atoms with Gasteiger partial charge in [-0.3, -0.25) is 33.7 Å². The lowest BCUT2D eigenvalue weighted by Gasteiger charge is -2.39. The normalized spacial score (nSPS) is 14.3. The highest BCUT2D eigenvalue weighted by molar-refractivity contribution is 6.28. The van der Waals surface area contributed by atoms with Crippen molar-refractivity contribution in [2.45, 2.75) is 188 Å². The van der Waals surface area contributed by atoms with Crippen molar-refractivity contribution in [1.29, 1.82) is 10.5 Å². The third-order valence-corrected chi connectivity index (χ3v) is 19.2. The molecule has 0 aliphatic carbocycles. The Labute approximate surface area is 792 Å². The second-order valence-corrected chi connectivity index (χ2v) is 28.5. The Hall–Kier alpha value is -13.6. The van der Waals surface area contributed by atoms with Gasteiger partial charge in [-0.25, -0.2) is 24.1 Å². The molecule has 1 fully saturated rings. The number of imide groups is 2. The Balaban J connectivity index is 0. The van der Waals surface area contributed by atoms with Crippen LogP contribution in [0.3, 0.4) is 0 Å². The van der Waals surface area contributed by atoms with Crippen molar-refractivity contribution in [3.05, 3.63) is 217 Å². The van der Waals surface area contributed by atoms with Crippen LogP contribution in [0.2, 0.25) is 0 Å². The van der Waals surface area contributed by atoms with E-state index in [2.05, 4.69) is 22.6 Å². The van der Waals surface area contributed by atoms with Crippen LogP contribution in [0.15, 0.2) is 195 Å². The first kappa shape index (κ1) is 129. The third kappa shape index (κ3) is 32.0. The zero-order valence-corrected chi connectivity index (χ0v) is 69.6. The molecule has 22 nitrogen and oxygen atoms in total. The van der Waals surface area contributed by atoms with Crippen LogP contribution < -0.4 is 28.7 Å². The second-order valence-electron chi connectivity index (χ2n) is 28.5. The molecule has 0 N–H and O–H groups in total. The van der Waals surface area contributed by atoms with Gasteiger partial charge in [0.25, 0.3) is 11.8 Å². The largest absolute Gasteiger partial charge is 0.494 e. The number of halogens is 26. The molecule has 2 aliphatic rings. The van der Waals surface area contributed by atoms with E-state index in [1.807, 2.05) is 18.2 Å². The summed E-state index contributed by atoms with van der Waals surface area (Å²) < 4.78 is 382. The van der Waals surface area contributed by atoms with E-state index in [-0.39, 0.29) is 106 Å². The van der Waals surface area contributed by atoms with Gasteiger partial charge in [0, 0.05) is 30.2 Å². The SMILES string of the molecule is C.C.C.C.C.C.C=CC(=O)OCCC(F)(F)C(F)(F)C(F)(F)C(F)(F)C(F)(F)C(F)(F)F.C=CC(=O)OCCCCOc1ccc(C(=O)Oc2ccc(C#N)cc2)cc1.CCC(CC(CC1C(=O)N(c2ccccc2)C(=O)C1C)C(=O)OCCCCOc1ccc(C(=O)Oc2ccc(C#N)cc2)cc1)C(=O)OCCC(F)(F)C(F)(F)C(F)(F)C(F)(F)C(F)(F)C(F)(F)F.O=C1C=CC(=O)N1c1ccccc1. The van der Waals surface area contributed by atoms with Crippen molar-refractivity contribution in [1.82, 2.24) is 0 Å². The van der Waals surface area contributed by atoms with E-state index in [9.17, 15) is 162 Å². The zero-order chi connectivity index (χ0) is 102. The minimum atomic E-state index is -8.10. The Bertz CT molecular complexity index is 5190. The summed E-state index contributed by atoms with van der Waals surface area (Å²) >= 11 is 0. The number of para-hydroxylation sites is 2. The van der Waals surface area contributed by atoms with Gasteiger partial charge in [-0.05, 0) is 166 Å². The number of amides is 4. The Morgan fingerprint density at radius 3 is 1.03 bits per heavy atom. The van der Waals surface area contributed by atoms with E-state index in [4.69, 9.17) is 38.9 Å². The molecule has 2 heterocycles. The summed E-state index contributed by atoms with van der Waals surface area (Å²) in [6.45, 7) is 5.51. The summed E-state index contributed by atoms with van der Waals surface area (Å²) in [5.41, 5.74) is 2.24. The summed E-state index contributed by atoms with van der Waals surface area (Å²) in [6, 6.07) is 45.0. The van der Waals surface area contributed by atoms with Gasteiger partial charge in [0.1, 0.15) is 23.0 Å². The van der Waals surface area contributed by atoms with E-state index >= 15 is 0 Å². The average molecular weight is 2050 g/mol. The van der Waals surface area contributed by atoms with E-state index < -0.39 is 182 Å². The molecule has 0 saturated carbocycles. The third-order valence-electron chi connectivity index (χ3n) is 19.2. The molecule has 0 bridgehead atoms. The summed E-state index contributed by atoms with van der Waals surface area (Å²) in [7, 11) is 0. The number of carbonyl (C=O) groups is 10. The first-order valence-electron chi connectivity index (χ1n) is 38.9. The van der Waals surface area contributed by atoms with Crippen LogP contribution in [0.25, 0.3) is 0 Å². The topological polar surface area (TPSA) is 299 Å². The lowest BCUT2D eigenvalue weighted by atomic mass is 9.82. The first-order chi connectivity index (χ1) is 62.7. The Kier molecular flexibility index (Phi) is 49.8. The first-order valence-corrected chi connectivity index (χ1v) is 38.9. The van der Waals surface area contributed by atoms with Crippen LogP contribution in [0.4, 0.5) is 126 Å². The number of rotatable bonds is 41. The van der Waals surface area contributed by atoms with Crippen molar-refractivity contribution in [2.75, 3.05) is 49.4 Å². The van der Waals surface area contributed by atoms with E-state index in [0.29, 0.717) is 65.3 Å². The summed E-state index contributed by atoms with van der Waals surface area (Å²) in [4.78, 5) is 124. The highest BCUT2D eigenvalue weighted by Gasteiger charge is 2.92. The van der Waals surface area contributed by atoms with Gasteiger partial charge in [-0.15, -0.1) is 0 Å². The molecule has 2 aliphatic heterocycles. The van der Waals surface area contributed by atoms with Gasteiger partial charge >= 0.3 is 107 Å². The molecular formula is C93H98F26N4O18. The zero-order valence-electron chi connectivity index (χ0n) is 69.6. The molecule has 0 spiro atoms. The molecule has 4 amide bonds. The monoisotopic (exact) mass is 2050 g/mol. The fourth-order valence-corrected chi connectivity index (χ4v) is 11.5. The summed E-state index contributed by atoms with van der Waals surface area (Å²) in [5, 5.41) is 17.7. The van der Waals surface area contributed by atoms with Gasteiger partial charge < -0.3 is 37.9 Å². The predicted octanol–water partition coefficient (Wildman–Crippen LogP) is 23.8. The Morgan fingerprint density at radius 2 is 0.688 bits per heavy atom. The summed E-state index contributed by atoms with van der Waals surface area (Å²) in [6.07, 6.45) is -16.0. The van der Waals surface area contributed by atoms with Crippen molar-refractivity contribution in [3.63, 3.8) is 0 Å². The van der Waals surface area contributed by atoms with Crippen LogP contribution in [0.5, 0.6) is 23.0 Å². The van der Waals surface area contributed by atoms with Crippen molar-refractivity contribution in [3.8, 4) is 35.1 Å². The van der Waals surface area contributed by atoms with Crippen LogP contribution in [-0.4, -0.2) is 171 Å². The Morgan fingerprint density at radius 1 is 0.383 bits per heavy atom. The van der Waals surface area contributed by atoms with E-state index in [0.717, 1.165) is 22.3 Å². The molecule has 6 aromatic rings. The minimum absolute atomic E-state index is 0. The van der Waals surface area contributed by atoms with Crippen LogP contribution >= 0.6 is 0 Å². The molecule has 4 unspecified atom stereocenters. The summed E-state index contributed by atoms with van der Waals surface area (Å²) in [5.74, 6) is -86.7. The van der Waals surface area contributed by atoms with Gasteiger partial charge in [-0.2, -0.15) is 125 Å². The molecule has 6 aromatic carbocycles. The van der Waals surface area contributed by atoms with E-state index in [1.54, 1.807) is 78.9 Å². The maximum atomic E-state index is 14.4. The highest BCUT2D eigenvalue weighted by atomic mass is 19.4. The average Bonchev–Trinajstić information content (AvgIpc) is 1.04. The molecule has 0 aromatic heterocycles. The maximum absolute atomic E-state index is 14.4. The standard InChI is InChI=1S/C45H41F13N2O9.C21H19NO5.C11H7F13O2.C10H7NO2.6CH4/c1-3-28(37(63)68-22-19-40(46,47)41(48,49)42(50,51)43(52,53)44(54,55)45(56,57)58)23-30(24-34-26(2)35(61)60(36(34)62)31-9-5-4-6-10-31)38(64)67-21-8-7-20-66-32-17-13-29(14-18-32)39(65)69-33-15-11-27(25-59)12-16-33;1-2-20(23)26-14-4-3-13-25-18-11-7-17(8-12-18)21(24)27-19-9-5-16(15-22)6-10-19;1-2-5(25)26-4-3-6(12,13)7(14,15)8(16,17)9(18,19)10(20,21)11(22,23)24;12-9-6-7-10(13)11(9)8-4-2-1-3-5-8;;;;;;/h4-6,9-18,26,28,30,34H,3,7-8,19-24H2,1-2H3;2,5-12H,1,3-4,13-14H2;2H,1,3-4H2;1-7H;6*1H4. The van der Waals surface area contributed by atoms with Crippen LogP contribution in [-0.2, 0) is 57.3 Å². The minimum Gasteiger partial charge on any atom is -0.494 e. The van der Waals surface area contributed by atoms with Crippen LogP contribution in [0, 0.1) is 46.3 Å².